The summed E-state index contributed by atoms with van der Waals surface area (Å²) in [6, 6.07) is 7.90. The monoisotopic (exact) mass is 263 g/mol. The molecule has 2 rings (SSSR count). The van der Waals surface area contributed by atoms with Gasteiger partial charge in [0.2, 0.25) is 11.4 Å². The minimum Gasteiger partial charge on any atom is -0.479 e. The predicted molar refractivity (Wildman–Crippen MR) is 69.2 cm³/mol. The van der Waals surface area contributed by atoms with E-state index >= 15 is 0 Å². The number of benzene rings is 1. The van der Waals surface area contributed by atoms with Crippen molar-refractivity contribution < 1.29 is 19.4 Å². The van der Waals surface area contributed by atoms with Crippen molar-refractivity contribution in [2.45, 2.75) is 24.5 Å². The number of hydrogen-bond donors (Lipinski definition) is 2. The largest absolute Gasteiger partial charge is 0.479 e. The van der Waals surface area contributed by atoms with Gasteiger partial charge >= 0.3 is 5.97 Å². The fourth-order valence-corrected chi connectivity index (χ4v) is 2.56. The second-order valence-electron chi connectivity index (χ2n) is 4.59. The van der Waals surface area contributed by atoms with Gasteiger partial charge in [0.25, 0.3) is 0 Å². The van der Waals surface area contributed by atoms with Gasteiger partial charge in [-0.05, 0) is 19.4 Å². The zero-order valence-electron chi connectivity index (χ0n) is 10.8. The summed E-state index contributed by atoms with van der Waals surface area (Å²) < 4.78 is 5.19. The number of carboxylic acids is 1. The highest BCUT2D eigenvalue weighted by Gasteiger charge is 2.54. The maximum atomic E-state index is 12.6. The van der Waals surface area contributed by atoms with Gasteiger partial charge in [-0.3, -0.25) is 4.79 Å². The van der Waals surface area contributed by atoms with Gasteiger partial charge in [-0.1, -0.05) is 30.3 Å². The lowest BCUT2D eigenvalue weighted by Gasteiger charge is -2.32. The first-order chi connectivity index (χ1) is 9.13. The van der Waals surface area contributed by atoms with Crippen LogP contribution in [0.15, 0.2) is 30.3 Å². The van der Waals surface area contributed by atoms with E-state index in [0.29, 0.717) is 18.5 Å². The first-order valence-corrected chi connectivity index (χ1v) is 6.24. The van der Waals surface area contributed by atoms with E-state index < -0.39 is 23.4 Å². The Bertz CT molecular complexity index is 468. The van der Waals surface area contributed by atoms with Gasteiger partial charge in [0.1, 0.15) is 0 Å². The summed E-state index contributed by atoms with van der Waals surface area (Å²) >= 11 is 0. The number of ether oxygens (including phenoxy) is 1. The molecule has 19 heavy (non-hydrogen) atoms. The lowest BCUT2D eigenvalue weighted by Crippen LogP contribution is -2.60. The lowest BCUT2D eigenvalue weighted by atomic mass is 9.84. The van der Waals surface area contributed by atoms with Crippen LogP contribution in [0, 0.1) is 0 Å². The summed E-state index contributed by atoms with van der Waals surface area (Å²) in [5.41, 5.74) is -1.50. The predicted octanol–water partition coefficient (Wildman–Crippen LogP) is 1.09. The Morgan fingerprint density at radius 3 is 2.53 bits per heavy atom. The van der Waals surface area contributed by atoms with Crippen molar-refractivity contribution in [1.29, 1.82) is 0 Å². The Labute approximate surface area is 111 Å². The number of carbonyl (C=O) groups is 2. The highest BCUT2D eigenvalue weighted by atomic mass is 16.5. The fraction of sp³-hybridized carbons (Fsp3) is 0.429. The van der Waals surface area contributed by atoms with Crippen LogP contribution < -0.4 is 5.32 Å². The molecule has 2 N–H and O–H groups in total. The van der Waals surface area contributed by atoms with Crippen LogP contribution in [0.2, 0.25) is 0 Å². The van der Waals surface area contributed by atoms with E-state index in [9.17, 15) is 14.7 Å². The Hall–Kier alpha value is -1.72. The van der Waals surface area contributed by atoms with E-state index in [2.05, 4.69) is 5.32 Å². The van der Waals surface area contributed by atoms with Crippen LogP contribution >= 0.6 is 0 Å². The third-order valence-electron chi connectivity index (χ3n) is 3.56. The second-order valence-corrected chi connectivity index (χ2v) is 4.59. The number of Topliss-reactive ketones (excluding diaryl/α,β-unsaturated/α-hetero) is 1. The normalized spacial score (nSPS) is 21.8. The third-order valence-corrected chi connectivity index (χ3v) is 3.56. The smallest absolute Gasteiger partial charge is 0.345 e. The molecule has 1 aromatic carbocycles. The topological polar surface area (TPSA) is 75.6 Å². The highest BCUT2D eigenvalue weighted by molar-refractivity contribution is 6.15. The first kappa shape index (κ1) is 13.7. The number of ketones is 1. The van der Waals surface area contributed by atoms with E-state index in [1.54, 1.807) is 30.3 Å². The van der Waals surface area contributed by atoms with Gasteiger partial charge in [0.15, 0.2) is 0 Å². The SMILES string of the molecule is COC(C(=O)O)(C(=O)c1ccccc1)C1CCCN1. The molecule has 0 saturated carbocycles. The van der Waals surface area contributed by atoms with Gasteiger partial charge < -0.3 is 15.2 Å². The molecule has 0 aromatic heterocycles. The molecule has 5 heteroatoms. The Balaban J connectivity index is 2.42. The van der Waals surface area contributed by atoms with Gasteiger partial charge in [0.05, 0.1) is 6.04 Å². The van der Waals surface area contributed by atoms with Crippen LogP contribution in [0.5, 0.6) is 0 Å². The van der Waals surface area contributed by atoms with Crippen LogP contribution in [-0.2, 0) is 9.53 Å². The standard InChI is InChI=1S/C14H17NO4/c1-19-14(13(17)18,11-8-5-9-15-11)12(16)10-6-3-2-4-7-10/h2-4,6-7,11,15H,5,8-9H2,1H3,(H,17,18). The van der Waals surface area contributed by atoms with Crippen LogP contribution in [-0.4, -0.2) is 42.2 Å². The molecule has 0 bridgehead atoms. The molecule has 1 heterocycles. The number of rotatable bonds is 5. The van der Waals surface area contributed by atoms with Crippen LogP contribution in [0.3, 0.4) is 0 Å². The molecule has 2 atom stereocenters. The van der Waals surface area contributed by atoms with Crippen molar-refractivity contribution in [3.05, 3.63) is 35.9 Å². The molecule has 0 amide bonds. The van der Waals surface area contributed by atoms with Crippen molar-refractivity contribution in [2.75, 3.05) is 13.7 Å². The number of hydrogen-bond acceptors (Lipinski definition) is 4. The molecular formula is C14H17NO4. The average molecular weight is 263 g/mol. The molecule has 0 radical (unpaired) electrons. The zero-order chi connectivity index (χ0) is 13.9. The molecular weight excluding hydrogens is 246 g/mol. The van der Waals surface area contributed by atoms with Crippen molar-refractivity contribution >= 4 is 11.8 Å². The van der Waals surface area contributed by atoms with Crippen LogP contribution in [0.25, 0.3) is 0 Å². The van der Waals surface area contributed by atoms with Gasteiger partial charge in [-0.25, -0.2) is 4.79 Å². The summed E-state index contributed by atoms with van der Waals surface area (Å²) in [5.74, 6) is -1.76. The van der Waals surface area contributed by atoms with Gasteiger partial charge in [-0.15, -0.1) is 0 Å². The molecule has 1 saturated heterocycles. The van der Waals surface area contributed by atoms with E-state index in [1.165, 1.54) is 7.11 Å². The molecule has 102 valence electrons. The van der Waals surface area contributed by atoms with Crippen molar-refractivity contribution in [1.82, 2.24) is 5.32 Å². The molecule has 0 spiro atoms. The summed E-state index contributed by atoms with van der Waals surface area (Å²) in [5, 5.41) is 12.6. The lowest BCUT2D eigenvalue weighted by molar-refractivity contribution is -0.158. The fourth-order valence-electron chi connectivity index (χ4n) is 2.56. The average Bonchev–Trinajstić information content (AvgIpc) is 2.95. The zero-order valence-corrected chi connectivity index (χ0v) is 10.8. The Kier molecular flexibility index (Phi) is 3.97. The van der Waals surface area contributed by atoms with Crippen molar-refractivity contribution in [3.8, 4) is 0 Å². The number of methoxy groups -OCH3 is 1. The summed E-state index contributed by atoms with van der Waals surface area (Å²) in [6.45, 7) is 0.700. The van der Waals surface area contributed by atoms with Gasteiger partial charge in [0, 0.05) is 12.7 Å². The molecule has 0 aliphatic carbocycles. The number of nitrogens with one attached hydrogen (secondary N) is 1. The van der Waals surface area contributed by atoms with Crippen LogP contribution in [0.4, 0.5) is 0 Å². The van der Waals surface area contributed by atoms with E-state index in [-0.39, 0.29) is 0 Å². The third kappa shape index (κ3) is 2.27. The van der Waals surface area contributed by atoms with Crippen molar-refractivity contribution in [2.24, 2.45) is 0 Å². The molecule has 1 aromatic rings. The number of aliphatic carboxylic acids is 1. The van der Waals surface area contributed by atoms with Crippen LogP contribution in [0.1, 0.15) is 23.2 Å². The number of carboxylic acid groups (broad SMARTS) is 1. The maximum absolute atomic E-state index is 12.6. The molecule has 2 unspecified atom stereocenters. The summed E-state index contributed by atoms with van der Waals surface area (Å²) in [7, 11) is 1.27. The first-order valence-electron chi connectivity index (χ1n) is 6.24. The van der Waals surface area contributed by atoms with E-state index in [1.807, 2.05) is 0 Å². The highest BCUT2D eigenvalue weighted by Crippen LogP contribution is 2.27. The molecule has 5 nitrogen and oxygen atoms in total. The molecule has 1 aliphatic heterocycles. The quantitative estimate of drug-likeness (QED) is 0.614. The van der Waals surface area contributed by atoms with Crippen molar-refractivity contribution in [3.63, 3.8) is 0 Å². The molecule has 1 aliphatic rings. The van der Waals surface area contributed by atoms with E-state index in [0.717, 1.165) is 6.42 Å². The van der Waals surface area contributed by atoms with E-state index in [4.69, 9.17) is 4.74 Å². The summed E-state index contributed by atoms with van der Waals surface area (Å²) in [6.07, 6.45) is 1.45. The number of carbonyl (C=O) groups excluding carboxylic acids is 1. The summed E-state index contributed by atoms with van der Waals surface area (Å²) in [4.78, 5) is 24.2. The minimum absolute atomic E-state index is 0.348. The molecule has 1 fully saturated rings. The maximum Gasteiger partial charge on any atom is 0.345 e. The second kappa shape index (κ2) is 5.50. The Morgan fingerprint density at radius 1 is 1.37 bits per heavy atom. The Morgan fingerprint density at radius 2 is 2.05 bits per heavy atom. The van der Waals surface area contributed by atoms with Gasteiger partial charge in [-0.2, -0.15) is 0 Å². The minimum atomic E-state index is -1.85.